The second-order valence-electron chi connectivity index (χ2n) is 19.0. The Morgan fingerprint density at radius 2 is 0.697 bits per heavy atom. The van der Waals surface area contributed by atoms with E-state index in [1.807, 2.05) is 6.08 Å². The Labute approximate surface area is 462 Å². The van der Waals surface area contributed by atoms with Crippen molar-refractivity contribution >= 4 is 25.7 Å². The molecule has 11 nitrogen and oxygen atoms in total. The molecule has 0 saturated heterocycles. The molecule has 0 aliphatic heterocycles. The first-order chi connectivity index (χ1) is 37.2. The van der Waals surface area contributed by atoms with Crippen LogP contribution < -0.4 is 0 Å². The van der Waals surface area contributed by atoms with E-state index in [1.54, 1.807) is 0 Å². The molecule has 0 bridgehead atoms. The third-order valence-electron chi connectivity index (χ3n) is 11.8. The van der Waals surface area contributed by atoms with E-state index in [0.29, 0.717) is 25.7 Å². The molecule has 0 amide bonds. The third kappa shape index (κ3) is 54.7. The summed E-state index contributed by atoms with van der Waals surface area (Å²) < 4.78 is 39.5. The van der Waals surface area contributed by atoms with Gasteiger partial charge >= 0.3 is 25.7 Å². The number of allylic oxidation sites excluding steroid dienone is 20. The maximum absolute atomic E-state index is 12.9. The maximum Gasteiger partial charge on any atom is 0.472 e. The summed E-state index contributed by atoms with van der Waals surface area (Å²) in [4.78, 5) is 48.6. The summed E-state index contributed by atoms with van der Waals surface area (Å²) in [6, 6.07) is 0. The molecule has 0 radical (unpaired) electrons. The van der Waals surface area contributed by atoms with Crippen molar-refractivity contribution in [2.75, 3.05) is 26.4 Å². The summed E-state index contributed by atoms with van der Waals surface area (Å²) in [5.41, 5.74) is 0. The number of rotatable bonds is 53. The SMILES string of the molecule is CC/C=C\C/C=C\C/C=C\C/C=C\C/C=C\CCCC(=O)OCC(COP(=O)(O)OCC(CO)OC(=O)CCCCC/C=C\C/C=C\C/C=C\CC)OC(=O)CCCCCCCCCCC/C=C\C/C=C\CCCCC. The highest BCUT2D eigenvalue weighted by atomic mass is 31.2. The highest BCUT2D eigenvalue weighted by Gasteiger charge is 2.28. The van der Waals surface area contributed by atoms with E-state index in [2.05, 4.69) is 136 Å². The fourth-order valence-corrected chi connectivity index (χ4v) is 8.22. The molecule has 0 rings (SSSR count). The molecule has 2 N–H and O–H groups in total. The van der Waals surface area contributed by atoms with Crippen LogP contribution in [0.4, 0.5) is 0 Å². The van der Waals surface area contributed by atoms with Gasteiger partial charge in [0.1, 0.15) is 12.7 Å². The van der Waals surface area contributed by atoms with E-state index in [0.717, 1.165) is 109 Å². The van der Waals surface area contributed by atoms with Crippen LogP contribution in [0.5, 0.6) is 0 Å². The summed E-state index contributed by atoms with van der Waals surface area (Å²) in [7, 11) is -4.78. The number of aliphatic hydroxyl groups is 1. The zero-order valence-corrected chi connectivity index (χ0v) is 48.6. The number of phosphoric acid groups is 1. The average molecular weight is 1080 g/mol. The van der Waals surface area contributed by atoms with Crippen molar-refractivity contribution in [3.63, 3.8) is 0 Å². The monoisotopic (exact) mass is 1080 g/mol. The Bertz CT molecular complexity index is 1740. The minimum atomic E-state index is -4.78. The molecule has 0 heterocycles. The van der Waals surface area contributed by atoms with Crippen LogP contribution in [0.1, 0.15) is 226 Å². The first kappa shape index (κ1) is 71.9. The van der Waals surface area contributed by atoms with Gasteiger partial charge in [-0.3, -0.25) is 23.4 Å². The summed E-state index contributed by atoms with van der Waals surface area (Å²) >= 11 is 0. The van der Waals surface area contributed by atoms with Gasteiger partial charge in [-0.1, -0.05) is 206 Å². The number of aliphatic hydroxyl groups excluding tert-OH is 1. The van der Waals surface area contributed by atoms with E-state index >= 15 is 0 Å². The number of carbonyl (C=O) groups excluding carboxylic acids is 3. The number of ether oxygens (including phenoxy) is 3. The molecule has 0 saturated carbocycles. The number of carbonyl (C=O) groups is 3. The van der Waals surface area contributed by atoms with Crippen molar-refractivity contribution in [2.24, 2.45) is 0 Å². The molecule has 0 aromatic carbocycles. The minimum absolute atomic E-state index is 0.132. The Kier molecular flexibility index (Phi) is 54.0. The predicted octanol–water partition coefficient (Wildman–Crippen LogP) is 17.6. The quantitative estimate of drug-likeness (QED) is 0.0197. The van der Waals surface area contributed by atoms with Gasteiger partial charge in [-0.05, 0) is 122 Å². The Morgan fingerprint density at radius 1 is 0.382 bits per heavy atom. The second-order valence-corrected chi connectivity index (χ2v) is 20.5. The molecule has 76 heavy (non-hydrogen) atoms. The molecule has 0 aliphatic rings. The predicted molar refractivity (Wildman–Crippen MR) is 316 cm³/mol. The lowest BCUT2D eigenvalue weighted by Gasteiger charge is -2.21. The smallest absolute Gasteiger partial charge is 0.462 e. The number of phosphoric ester groups is 1. The fourth-order valence-electron chi connectivity index (χ4n) is 7.44. The number of unbranched alkanes of at least 4 members (excludes halogenated alkanes) is 16. The van der Waals surface area contributed by atoms with Crippen LogP contribution in [0.15, 0.2) is 122 Å². The summed E-state index contributed by atoms with van der Waals surface area (Å²) in [5, 5.41) is 9.81. The van der Waals surface area contributed by atoms with Crippen molar-refractivity contribution in [1.29, 1.82) is 0 Å². The van der Waals surface area contributed by atoms with Gasteiger partial charge in [-0.25, -0.2) is 4.57 Å². The van der Waals surface area contributed by atoms with E-state index in [4.69, 9.17) is 23.3 Å². The standard InChI is InChI=1S/C64H105O11P/c1-4-7-10-13-16-19-22-25-27-29-30-32-34-37-40-43-46-49-52-55-64(68)75-61(57-71-62(66)53-50-47-44-41-38-36-33-31-28-26-23-20-17-14-11-8-5-2)59-73-76(69,70)72-58-60(56-65)74-63(67)54-51-48-45-42-39-35-24-21-18-15-12-9-6-3/h8-9,11-12,16-21,25-28,33,35-36,39,41,44,60-61,65H,4-7,10,13-15,22-24,29-32,34,37-38,40,42-43,45-59H2,1-3H3,(H,69,70)/b11-8-,12-9-,19-16-,20-17-,21-18-,27-25-,28-26-,36-33-,39-35-,44-41-. The Balaban J connectivity index is 4.85. The summed E-state index contributed by atoms with van der Waals surface area (Å²) in [5.74, 6) is -1.58. The molecule has 432 valence electrons. The third-order valence-corrected chi connectivity index (χ3v) is 12.8. The number of hydrogen-bond donors (Lipinski definition) is 2. The van der Waals surface area contributed by atoms with Gasteiger partial charge < -0.3 is 24.2 Å². The van der Waals surface area contributed by atoms with E-state index in [-0.39, 0.29) is 25.9 Å². The van der Waals surface area contributed by atoms with Crippen molar-refractivity contribution < 1.29 is 52.2 Å². The Morgan fingerprint density at radius 3 is 1.11 bits per heavy atom. The van der Waals surface area contributed by atoms with Gasteiger partial charge in [0.2, 0.25) is 0 Å². The van der Waals surface area contributed by atoms with Crippen molar-refractivity contribution in [3.8, 4) is 0 Å². The number of hydrogen-bond acceptors (Lipinski definition) is 10. The molecular weight excluding hydrogens is 976 g/mol. The molecule has 3 unspecified atom stereocenters. The van der Waals surface area contributed by atoms with Gasteiger partial charge in [-0.15, -0.1) is 0 Å². The highest BCUT2D eigenvalue weighted by molar-refractivity contribution is 7.47. The van der Waals surface area contributed by atoms with Gasteiger partial charge in [0.25, 0.3) is 0 Å². The molecule has 3 atom stereocenters. The number of esters is 3. The molecule has 0 fully saturated rings. The lowest BCUT2D eigenvalue weighted by molar-refractivity contribution is -0.161. The first-order valence-corrected chi connectivity index (χ1v) is 30.9. The van der Waals surface area contributed by atoms with E-state index in [1.165, 1.54) is 51.4 Å². The average Bonchev–Trinajstić information content (AvgIpc) is 3.41. The molecule has 0 aromatic rings. The summed E-state index contributed by atoms with van der Waals surface area (Å²) in [6.07, 6.45) is 70.2. The maximum atomic E-state index is 12.9. The van der Waals surface area contributed by atoms with Crippen LogP contribution in [-0.4, -0.2) is 66.5 Å². The van der Waals surface area contributed by atoms with Crippen LogP contribution >= 0.6 is 7.82 Å². The van der Waals surface area contributed by atoms with Crippen LogP contribution in [0.2, 0.25) is 0 Å². The molecular formula is C64H105O11P. The summed E-state index contributed by atoms with van der Waals surface area (Å²) in [6.45, 7) is 4.28. The zero-order valence-electron chi connectivity index (χ0n) is 47.7. The second kappa shape index (κ2) is 57.1. The molecule has 0 aromatic heterocycles. The minimum Gasteiger partial charge on any atom is -0.462 e. The molecule has 12 heteroatoms. The van der Waals surface area contributed by atoms with Crippen LogP contribution in [0.3, 0.4) is 0 Å². The molecule has 0 spiro atoms. The largest absolute Gasteiger partial charge is 0.472 e. The van der Waals surface area contributed by atoms with Crippen LogP contribution in [0.25, 0.3) is 0 Å². The van der Waals surface area contributed by atoms with E-state index < -0.39 is 57.8 Å². The van der Waals surface area contributed by atoms with Crippen LogP contribution in [-0.2, 0) is 42.2 Å². The van der Waals surface area contributed by atoms with Gasteiger partial charge in [0, 0.05) is 19.3 Å². The topological polar surface area (TPSA) is 155 Å². The van der Waals surface area contributed by atoms with Crippen molar-refractivity contribution in [1.82, 2.24) is 0 Å². The lowest BCUT2D eigenvalue weighted by Crippen LogP contribution is -2.30. The van der Waals surface area contributed by atoms with Crippen molar-refractivity contribution in [3.05, 3.63) is 122 Å². The highest BCUT2D eigenvalue weighted by Crippen LogP contribution is 2.43. The van der Waals surface area contributed by atoms with E-state index in [9.17, 15) is 28.9 Å². The Hall–Kier alpha value is -4.12. The first-order valence-electron chi connectivity index (χ1n) is 29.4. The fraction of sp³-hybridized carbons (Fsp3) is 0.641. The lowest BCUT2D eigenvalue weighted by atomic mass is 10.1. The van der Waals surface area contributed by atoms with Crippen LogP contribution in [0, 0.1) is 0 Å². The normalized spacial score (nSPS) is 14.2. The van der Waals surface area contributed by atoms with Gasteiger partial charge in [0.15, 0.2) is 6.10 Å². The van der Waals surface area contributed by atoms with Crippen molar-refractivity contribution in [2.45, 2.75) is 238 Å². The zero-order chi connectivity index (χ0) is 55.5. The van der Waals surface area contributed by atoms with Gasteiger partial charge in [-0.2, -0.15) is 0 Å². The van der Waals surface area contributed by atoms with Gasteiger partial charge in [0.05, 0.1) is 19.8 Å². The molecule has 0 aliphatic carbocycles.